The summed E-state index contributed by atoms with van der Waals surface area (Å²) in [6, 6.07) is 0. The normalized spacial score (nSPS) is 15.8. The van der Waals surface area contributed by atoms with Gasteiger partial charge in [-0.25, -0.2) is 0 Å². The number of halogens is 1. The number of guanidine groups is 1. The van der Waals surface area contributed by atoms with Gasteiger partial charge in [-0.3, -0.25) is 4.99 Å². The average molecular weight is 477 g/mol. The van der Waals surface area contributed by atoms with Crippen molar-refractivity contribution in [2.24, 2.45) is 10.9 Å². The van der Waals surface area contributed by atoms with E-state index in [1.807, 2.05) is 7.05 Å². The van der Waals surface area contributed by atoms with Gasteiger partial charge >= 0.3 is 0 Å². The Morgan fingerprint density at radius 2 is 1.85 bits per heavy atom. The number of hydrogen-bond acceptors (Lipinski definition) is 4. The Morgan fingerprint density at radius 1 is 1.15 bits per heavy atom. The van der Waals surface area contributed by atoms with Crippen LogP contribution in [0.15, 0.2) is 9.52 Å². The SMILES string of the molecule is CN=C(NCCCc1nc(C(C)C)no1)NCCCC1CCCCC1.I. The van der Waals surface area contributed by atoms with E-state index in [1.165, 1.54) is 44.9 Å². The summed E-state index contributed by atoms with van der Waals surface area (Å²) in [6.07, 6.45) is 11.5. The Bertz CT molecular complexity index is 512. The molecule has 0 unspecified atom stereocenters. The summed E-state index contributed by atoms with van der Waals surface area (Å²) >= 11 is 0. The Hall–Kier alpha value is -0.860. The highest BCUT2D eigenvalue weighted by molar-refractivity contribution is 14.0. The zero-order valence-electron chi connectivity index (χ0n) is 16.6. The lowest BCUT2D eigenvalue weighted by Crippen LogP contribution is -2.38. The highest BCUT2D eigenvalue weighted by Crippen LogP contribution is 2.26. The van der Waals surface area contributed by atoms with Gasteiger partial charge in [0.15, 0.2) is 11.8 Å². The molecule has 1 fully saturated rings. The van der Waals surface area contributed by atoms with Gasteiger partial charge in [0.05, 0.1) is 0 Å². The van der Waals surface area contributed by atoms with Gasteiger partial charge in [0.1, 0.15) is 0 Å². The Kier molecular flexibility index (Phi) is 11.9. The van der Waals surface area contributed by atoms with E-state index < -0.39 is 0 Å². The molecule has 1 saturated carbocycles. The van der Waals surface area contributed by atoms with E-state index in [0.717, 1.165) is 49.5 Å². The maximum atomic E-state index is 5.26. The van der Waals surface area contributed by atoms with E-state index >= 15 is 0 Å². The van der Waals surface area contributed by atoms with Crippen molar-refractivity contribution < 1.29 is 4.52 Å². The minimum atomic E-state index is 0. The number of aliphatic imine (C=N–C) groups is 1. The van der Waals surface area contributed by atoms with Gasteiger partial charge in [-0.2, -0.15) is 4.98 Å². The summed E-state index contributed by atoms with van der Waals surface area (Å²) in [7, 11) is 1.82. The van der Waals surface area contributed by atoms with Gasteiger partial charge in [-0.15, -0.1) is 24.0 Å². The Labute approximate surface area is 175 Å². The topological polar surface area (TPSA) is 75.3 Å². The molecule has 150 valence electrons. The molecule has 6 nitrogen and oxygen atoms in total. The van der Waals surface area contributed by atoms with Gasteiger partial charge in [-0.05, 0) is 25.2 Å². The lowest BCUT2D eigenvalue weighted by molar-refractivity contribution is 0.332. The number of aryl methyl sites for hydroxylation is 1. The molecule has 0 spiro atoms. The summed E-state index contributed by atoms with van der Waals surface area (Å²) in [5.41, 5.74) is 0. The van der Waals surface area contributed by atoms with Crippen LogP contribution in [0.5, 0.6) is 0 Å². The quantitative estimate of drug-likeness (QED) is 0.241. The van der Waals surface area contributed by atoms with Gasteiger partial charge in [0.25, 0.3) is 0 Å². The molecular formula is C19H36IN5O. The first kappa shape index (κ1) is 23.2. The summed E-state index contributed by atoms with van der Waals surface area (Å²) in [6.45, 7) is 5.99. The first-order chi connectivity index (χ1) is 12.2. The zero-order chi connectivity index (χ0) is 17.9. The molecule has 0 aromatic carbocycles. The molecule has 1 aliphatic rings. The molecular weight excluding hydrogens is 441 g/mol. The summed E-state index contributed by atoms with van der Waals surface area (Å²) in [5.74, 6) is 3.67. The minimum absolute atomic E-state index is 0. The van der Waals surface area contributed by atoms with Crippen molar-refractivity contribution in [3.05, 3.63) is 11.7 Å². The minimum Gasteiger partial charge on any atom is -0.356 e. The number of aromatic nitrogens is 2. The fraction of sp³-hybridized carbons (Fsp3) is 0.842. The van der Waals surface area contributed by atoms with E-state index in [4.69, 9.17) is 4.52 Å². The van der Waals surface area contributed by atoms with E-state index in [9.17, 15) is 0 Å². The van der Waals surface area contributed by atoms with Gasteiger partial charge in [0, 0.05) is 32.5 Å². The second kappa shape index (κ2) is 13.3. The molecule has 1 aromatic heterocycles. The predicted octanol–water partition coefficient (Wildman–Crippen LogP) is 4.27. The lowest BCUT2D eigenvalue weighted by Gasteiger charge is -2.21. The number of hydrogen-bond donors (Lipinski definition) is 2. The third-order valence-corrected chi connectivity index (χ3v) is 4.89. The predicted molar refractivity (Wildman–Crippen MR) is 117 cm³/mol. The first-order valence-electron chi connectivity index (χ1n) is 9.96. The van der Waals surface area contributed by atoms with E-state index in [2.05, 4.69) is 39.6 Å². The van der Waals surface area contributed by atoms with Crippen LogP contribution in [0.25, 0.3) is 0 Å². The number of rotatable bonds is 9. The summed E-state index contributed by atoms with van der Waals surface area (Å²) < 4.78 is 5.26. The van der Waals surface area contributed by atoms with Crippen LogP contribution >= 0.6 is 24.0 Å². The van der Waals surface area contributed by atoms with Crippen molar-refractivity contribution in [2.45, 2.75) is 77.6 Å². The lowest BCUT2D eigenvalue weighted by atomic mass is 9.86. The molecule has 7 heteroatoms. The monoisotopic (exact) mass is 477 g/mol. The van der Waals surface area contributed by atoms with Crippen molar-refractivity contribution in [2.75, 3.05) is 20.1 Å². The van der Waals surface area contributed by atoms with Crippen molar-refractivity contribution in [1.82, 2.24) is 20.8 Å². The summed E-state index contributed by atoms with van der Waals surface area (Å²) in [4.78, 5) is 8.69. The highest BCUT2D eigenvalue weighted by Gasteiger charge is 2.12. The molecule has 2 N–H and O–H groups in total. The third kappa shape index (κ3) is 8.68. The molecule has 0 atom stereocenters. The van der Waals surface area contributed by atoms with E-state index in [0.29, 0.717) is 5.92 Å². The number of nitrogens with one attached hydrogen (secondary N) is 2. The highest BCUT2D eigenvalue weighted by atomic mass is 127. The van der Waals surface area contributed by atoms with Gasteiger partial charge in [0.2, 0.25) is 5.89 Å². The summed E-state index contributed by atoms with van der Waals surface area (Å²) in [5, 5.41) is 10.8. The average Bonchev–Trinajstić information content (AvgIpc) is 3.10. The van der Waals surface area contributed by atoms with Crippen LogP contribution in [0.1, 0.15) is 82.8 Å². The largest absolute Gasteiger partial charge is 0.356 e. The molecule has 1 aliphatic carbocycles. The first-order valence-corrected chi connectivity index (χ1v) is 9.96. The molecule has 0 radical (unpaired) electrons. The second-order valence-corrected chi connectivity index (χ2v) is 7.38. The molecule has 1 heterocycles. The van der Waals surface area contributed by atoms with Crippen molar-refractivity contribution in [3.63, 3.8) is 0 Å². The maximum Gasteiger partial charge on any atom is 0.226 e. The van der Waals surface area contributed by atoms with Crippen LogP contribution in [0, 0.1) is 5.92 Å². The third-order valence-electron chi connectivity index (χ3n) is 4.89. The maximum absolute atomic E-state index is 5.26. The molecule has 0 saturated heterocycles. The van der Waals surface area contributed by atoms with Crippen LogP contribution in [0.3, 0.4) is 0 Å². The molecule has 0 bridgehead atoms. The molecule has 0 amide bonds. The standard InChI is InChI=1S/C19H35N5O.HI/c1-15(2)18-23-17(25-24-18)12-8-14-22-19(20-3)21-13-7-11-16-9-5-4-6-10-16;/h15-16H,4-14H2,1-3H3,(H2,20,21,22);1H. The molecule has 0 aliphatic heterocycles. The smallest absolute Gasteiger partial charge is 0.226 e. The molecule has 26 heavy (non-hydrogen) atoms. The second-order valence-electron chi connectivity index (χ2n) is 7.38. The fourth-order valence-electron chi connectivity index (χ4n) is 3.34. The van der Waals surface area contributed by atoms with Crippen LogP contribution in [-0.2, 0) is 6.42 Å². The fourth-order valence-corrected chi connectivity index (χ4v) is 3.34. The molecule has 1 aromatic rings. The number of nitrogens with zero attached hydrogens (tertiary/aromatic N) is 3. The van der Waals surface area contributed by atoms with E-state index in [1.54, 1.807) is 0 Å². The zero-order valence-corrected chi connectivity index (χ0v) is 18.9. The van der Waals surface area contributed by atoms with E-state index in [-0.39, 0.29) is 24.0 Å². The van der Waals surface area contributed by atoms with Crippen molar-refractivity contribution >= 4 is 29.9 Å². The van der Waals surface area contributed by atoms with Gasteiger partial charge < -0.3 is 15.2 Å². The van der Waals surface area contributed by atoms with Crippen molar-refractivity contribution in [1.29, 1.82) is 0 Å². The Balaban J connectivity index is 0.00000338. The van der Waals surface area contributed by atoms with Crippen molar-refractivity contribution in [3.8, 4) is 0 Å². The van der Waals surface area contributed by atoms with Crippen LogP contribution in [0.2, 0.25) is 0 Å². The van der Waals surface area contributed by atoms with Crippen LogP contribution in [0.4, 0.5) is 0 Å². The Morgan fingerprint density at radius 3 is 2.46 bits per heavy atom. The van der Waals surface area contributed by atoms with Crippen LogP contribution < -0.4 is 10.6 Å². The van der Waals surface area contributed by atoms with Crippen LogP contribution in [-0.4, -0.2) is 36.2 Å². The van der Waals surface area contributed by atoms with Gasteiger partial charge in [-0.1, -0.05) is 51.1 Å². The molecule has 2 rings (SSSR count).